The number of hydrogen-bond donors (Lipinski definition) is 0. The van der Waals surface area contributed by atoms with Gasteiger partial charge >= 0.3 is 0 Å². The number of allylic oxidation sites excluding steroid dienone is 4. The third-order valence-corrected chi connectivity index (χ3v) is 20.5. The standard InChI is InChI=1S/2C12H26.C9H18O.C9H16O.C8H14O.2C7H12O.C6H12O.C6H10O/c2*1-7-9(3)11(5)12(6)10(4)8-2;2*1-4-9-7(2)5-6-8(3)10-9;1-3-8-7(2)5-4-6-9-8;2*1-6-4-3-5-8-7(6)2;1-5-3-7-4-6(5)2;1-6-3-2-4-7-5-6/h2*9-12H,7-8H2,1-6H3;7-9H,4-6H2,1-3H3;5-9H,4H2,1-3H3;4,6-8H,3,5H2,1-2H3;2*3,5-7H,4H2,1-2H3;5-6H,3-4H2,1-2H3;2,4,6H,3,5H2,1H3/t;;;;;;;5-,6?;/m.......1./s1. The smallest absolute Gasteiger partial charge is 0.100 e. The molecule has 7 rings (SSSR count). The second-order valence-corrected chi connectivity index (χ2v) is 27.5. The summed E-state index contributed by atoms with van der Waals surface area (Å²) >= 11 is 0. The quantitative estimate of drug-likeness (QED) is 0.170. The first-order valence-electron chi connectivity index (χ1n) is 35.0. The van der Waals surface area contributed by atoms with Crippen LogP contribution in [0.5, 0.6) is 0 Å². The minimum Gasteiger partial charge on any atom is -0.501 e. The third kappa shape index (κ3) is 37.9. The van der Waals surface area contributed by atoms with Crippen LogP contribution in [0.3, 0.4) is 0 Å². The second-order valence-electron chi connectivity index (χ2n) is 27.5. The van der Waals surface area contributed by atoms with Gasteiger partial charge in [0.25, 0.3) is 0 Å². The van der Waals surface area contributed by atoms with Crippen molar-refractivity contribution in [3.8, 4) is 0 Å². The molecule has 0 amide bonds. The topological polar surface area (TPSA) is 64.6 Å². The fourth-order valence-electron chi connectivity index (χ4n) is 10.8. The lowest BCUT2D eigenvalue weighted by Crippen LogP contribution is -2.31. The minimum absolute atomic E-state index is 0.321. The summed E-state index contributed by atoms with van der Waals surface area (Å²) in [5.74, 6) is 12.8. The van der Waals surface area contributed by atoms with Gasteiger partial charge in [-0.3, -0.25) is 0 Å². The molecule has 22 unspecified atom stereocenters. The first-order chi connectivity index (χ1) is 39.2. The summed E-state index contributed by atoms with van der Waals surface area (Å²) < 4.78 is 37.4. The molecule has 0 aromatic heterocycles. The summed E-state index contributed by atoms with van der Waals surface area (Å²) in [6, 6.07) is 0. The van der Waals surface area contributed by atoms with Crippen molar-refractivity contribution in [1.29, 1.82) is 0 Å². The number of ether oxygens (including phenoxy) is 7. The highest BCUT2D eigenvalue weighted by Crippen LogP contribution is 2.32. The van der Waals surface area contributed by atoms with Crippen LogP contribution in [0.25, 0.3) is 0 Å². The lowest BCUT2D eigenvalue weighted by atomic mass is 9.77. The molecule has 7 heteroatoms. The third-order valence-electron chi connectivity index (χ3n) is 20.5. The van der Waals surface area contributed by atoms with Gasteiger partial charge in [0.2, 0.25) is 0 Å². The van der Waals surface area contributed by atoms with E-state index >= 15 is 0 Å². The summed E-state index contributed by atoms with van der Waals surface area (Å²) in [6.45, 7) is 64.0. The molecule has 2 fully saturated rings. The fraction of sp³-hybridized carbons (Fsp3) is 0.868. The molecule has 7 nitrogen and oxygen atoms in total. The Morgan fingerprint density at radius 2 is 0.771 bits per heavy atom. The molecule has 7 aliphatic rings. The van der Waals surface area contributed by atoms with Crippen LogP contribution in [0.4, 0.5) is 0 Å². The molecule has 492 valence electrons. The fourth-order valence-corrected chi connectivity index (χ4v) is 10.8. The van der Waals surface area contributed by atoms with Crippen LogP contribution in [-0.4, -0.2) is 62.5 Å². The van der Waals surface area contributed by atoms with E-state index in [1.165, 1.54) is 70.6 Å². The van der Waals surface area contributed by atoms with Gasteiger partial charge in [0.1, 0.15) is 6.10 Å². The predicted octanol–water partition coefficient (Wildman–Crippen LogP) is 22.7. The van der Waals surface area contributed by atoms with Crippen LogP contribution in [0.2, 0.25) is 0 Å². The van der Waals surface area contributed by atoms with E-state index in [4.69, 9.17) is 33.2 Å². The monoisotopic (exact) mass is 1170 g/mol. The van der Waals surface area contributed by atoms with Gasteiger partial charge in [-0.05, 0) is 199 Å². The van der Waals surface area contributed by atoms with Crippen LogP contribution in [0.15, 0.2) is 61.5 Å². The van der Waals surface area contributed by atoms with Crippen molar-refractivity contribution in [1.82, 2.24) is 0 Å². The predicted molar refractivity (Wildman–Crippen MR) is 363 cm³/mol. The lowest BCUT2D eigenvalue weighted by Gasteiger charge is -2.32. The average Bonchev–Trinajstić information content (AvgIpc) is 3.88. The summed E-state index contributed by atoms with van der Waals surface area (Å²) in [5.41, 5.74) is 0. The van der Waals surface area contributed by atoms with Crippen molar-refractivity contribution in [2.75, 3.05) is 19.8 Å². The molecule has 0 aliphatic carbocycles. The van der Waals surface area contributed by atoms with Crippen LogP contribution < -0.4 is 0 Å². The number of hydrogen-bond acceptors (Lipinski definition) is 7. The Balaban J connectivity index is 0. The Hall–Kier alpha value is -2.22. The Labute approximate surface area is 519 Å². The summed E-state index contributed by atoms with van der Waals surface area (Å²) in [7, 11) is 0. The Morgan fingerprint density at radius 1 is 0.373 bits per heavy atom. The maximum atomic E-state index is 5.75. The van der Waals surface area contributed by atoms with Crippen molar-refractivity contribution in [3.05, 3.63) is 61.5 Å². The van der Waals surface area contributed by atoms with Gasteiger partial charge in [0, 0.05) is 19.1 Å². The van der Waals surface area contributed by atoms with E-state index in [-0.39, 0.29) is 0 Å². The van der Waals surface area contributed by atoms with E-state index in [9.17, 15) is 0 Å². The summed E-state index contributed by atoms with van der Waals surface area (Å²) in [5, 5.41) is 0. The molecular weight excluding hydrogens is 1020 g/mol. The molecule has 7 heterocycles. The zero-order valence-corrected chi connectivity index (χ0v) is 60.2. The molecule has 0 N–H and O–H groups in total. The molecule has 83 heavy (non-hydrogen) atoms. The zero-order valence-electron chi connectivity index (χ0n) is 60.2. The first kappa shape index (κ1) is 82.8. The molecule has 2 saturated heterocycles. The molecule has 0 radical (unpaired) electrons. The lowest BCUT2D eigenvalue weighted by molar-refractivity contribution is -0.0708. The maximum absolute atomic E-state index is 5.75. The molecule has 0 bridgehead atoms. The van der Waals surface area contributed by atoms with Gasteiger partial charge in [0.15, 0.2) is 0 Å². The van der Waals surface area contributed by atoms with E-state index in [2.05, 4.69) is 223 Å². The number of rotatable bonds is 13. The average molecular weight is 1170 g/mol. The van der Waals surface area contributed by atoms with Gasteiger partial charge in [-0.15, -0.1) is 0 Å². The van der Waals surface area contributed by atoms with Gasteiger partial charge in [0.05, 0.1) is 68.3 Å². The van der Waals surface area contributed by atoms with E-state index in [0.29, 0.717) is 66.4 Å². The Kier molecular flexibility index (Phi) is 49.6. The van der Waals surface area contributed by atoms with Crippen LogP contribution in [0, 0.1) is 94.7 Å². The molecular formula is C76H146O7. The maximum Gasteiger partial charge on any atom is 0.100 e. The van der Waals surface area contributed by atoms with Crippen molar-refractivity contribution >= 4 is 0 Å². The Bertz CT molecular complexity index is 1510. The molecule has 0 saturated carbocycles. The SMILES string of the molecule is CC1CC=COC1.CC1CC=COC1C.CC1CC=COC1C.CC1COC[C@H]1C.CCC(C)C(C)C(C)C(C)CC.CCC(C)C(C)C(C)C(C)CC.CCC1OC(C)C=CC1C.CCC1OC(C)CCC1C.CCC1OC=CCC1C. The van der Waals surface area contributed by atoms with E-state index in [1.807, 2.05) is 6.26 Å². The van der Waals surface area contributed by atoms with Crippen LogP contribution in [-0.2, 0) is 33.2 Å². The van der Waals surface area contributed by atoms with Gasteiger partial charge < -0.3 is 33.2 Å². The first-order valence-corrected chi connectivity index (χ1v) is 35.0. The Morgan fingerprint density at radius 3 is 1.02 bits per heavy atom. The molecule has 23 atom stereocenters. The van der Waals surface area contributed by atoms with Crippen molar-refractivity contribution in [3.63, 3.8) is 0 Å². The molecule has 0 aromatic rings. The van der Waals surface area contributed by atoms with Gasteiger partial charge in [-0.2, -0.15) is 0 Å². The highest BCUT2D eigenvalue weighted by Gasteiger charge is 2.26. The van der Waals surface area contributed by atoms with Crippen LogP contribution >= 0.6 is 0 Å². The molecule has 0 aromatic carbocycles. The van der Waals surface area contributed by atoms with E-state index in [1.54, 1.807) is 18.8 Å². The molecule has 0 spiro atoms. The van der Waals surface area contributed by atoms with Crippen molar-refractivity contribution < 1.29 is 33.2 Å². The van der Waals surface area contributed by atoms with Gasteiger partial charge in [-0.1, -0.05) is 197 Å². The van der Waals surface area contributed by atoms with Crippen LogP contribution in [0.1, 0.15) is 270 Å². The van der Waals surface area contributed by atoms with E-state index in [0.717, 1.165) is 104 Å². The van der Waals surface area contributed by atoms with Gasteiger partial charge in [-0.25, -0.2) is 0 Å². The minimum atomic E-state index is 0.321. The highest BCUT2D eigenvalue weighted by atomic mass is 16.5. The zero-order chi connectivity index (χ0) is 63.6. The second kappa shape index (κ2) is 49.7. The molecule has 7 aliphatic heterocycles. The van der Waals surface area contributed by atoms with Crippen molar-refractivity contribution in [2.24, 2.45) is 94.7 Å². The summed E-state index contributed by atoms with van der Waals surface area (Å²) in [4.78, 5) is 0. The van der Waals surface area contributed by atoms with Crippen molar-refractivity contribution in [2.45, 2.75) is 313 Å². The van der Waals surface area contributed by atoms with E-state index < -0.39 is 0 Å². The largest absolute Gasteiger partial charge is 0.501 e. The highest BCUT2D eigenvalue weighted by molar-refractivity contribution is 4.98. The summed E-state index contributed by atoms with van der Waals surface area (Å²) in [6.07, 6.45) is 39.0. The normalized spacial score (nSPS) is 32.9.